The molecule has 1 aromatic carbocycles. The average Bonchev–Trinajstić information content (AvgIpc) is 2.19. The van der Waals surface area contributed by atoms with Crippen molar-refractivity contribution in [1.82, 2.24) is 5.73 Å². The van der Waals surface area contributed by atoms with Crippen LogP contribution in [0.2, 0.25) is 0 Å². The second-order valence-corrected chi connectivity index (χ2v) is 4.89. The van der Waals surface area contributed by atoms with Crippen LogP contribution in [0.4, 0.5) is 5.69 Å². The minimum atomic E-state index is -3.19. The molecule has 0 bridgehead atoms. The van der Waals surface area contributed by atoms with Gasteiger partial charge < -0.3 is 0 Å². The van der Waals surface area contributed by atoms with Gasteiger partial charge in [0.1, 0.15) is 0 Å². The highest BCUT2D eigenvalue weighted by Gasteiger charge is 2.05. The third kappa shape index (κ3) is 3.01. The van der Waals surface area contributed by atoms with Crippen LogP contribution in [0.5, 0.6) is 0 Å². The Morgan fingerprint density at radius 3 is 2.29 bits per heavy atom. The number of benzene rings is 1. The van der Waals surface area contributed by atoms with Gasteiger partial charge in [-0.15, -0.1) is 0 Å². The van der Waals surface area contributed by atoms with Gasteiger partial charge in [-0.25, -0.2) is 8.42 Å². The van der Waals surface area contributed by atoms with E-state index in [1.165, 1.54) is 0 Å². The van der Waals surface area contributed by atoms with E-state index < -0.39 is 10.0 Å². The minimum absolute atomic E-state index is 0.0627. The Kier molecular flexibility index (Phi) is 3.49. The second kappa shape index (κ2) is 4.43. The molecule has 14 heavy (non-hydrogen) atoms. The molecule has 0 spiro atoms. The smallest absolute Gasteiger partial charge is 0.232 e. The Hall–Kier alpha value is -1.07. The van der Waals surface area contributed by atoms with E-state index in [1.54, 1.807) is 31.2 Å². The molecule has 1 rings (SSSR count). The third-order valence-corrected chi connectivity index (χ3v) is 3.12. The zero-order chi connectivity index (χ0) is 10.6. The maximum atomic E-state index is 11.2. The van der Waals surface area contributed by atoms with Crippen LogP contribution in [0.25, 0.3) is 0 Å². The van der Waals surface area contributed by atoms with E-state index in [1.807, 2.05) is 0 Å². The van der Waals surface area contributed by atoms with E-state index in [-0.39, 0.29) is 12.3 Å². The first-order valence-corrected chi connectivity index (χ1v) is 5.96. The lowest BCUT2D eigenvalue weighted by molar-refractivity contribution is 0.602. The van der Waals surface area contributed by atoms with Crippen molar-refractivity contribution >= 4 is 15.7 Å². The Bertz CT molecular complexity index is 384. The van der Waals surface area contributed by atoms with Crippen LogP contribution in [0.1, 0.15) is 12.5 Å². The number of anilines is 1. The van der Waals surface area contributed by atoms with Gasteiger partial charge in [0.05, 0.1) is 5.75 Å². The zero-order valence-corrected chi connectivity index (χ0v) is 8.76. The summed E-state index contributed by atoms with van der Waals surface area (Å²) in [5.74, 6) is 0.0627. The first kappa shape index (κ1) is 11.0. The number of rotatable bonds is 4. The van der Waals surface area contributed by atoms with Gasteiger partial charge >= 0.3 is 0 Å². The molecule has 0 aliphatic carbocycles. The summed E-state index contributed by atoms with van der Waals surface area (Å²) in [6, 6.07) is 6.80. The van der Waals surface area contributed by atoms with Crippen molar-refractivity contribution in [3.8, 4) is 0 Å². The number of sulfonamides is 1. The van der Waals surface area contributed by atoms with E-state index in [0.717, 1.165) is 5.56 Å². The summed E-state index contributed by atoms with van der Waals surface area (Å²) in [4.78, 5) is 0. The van der Waals surface area contributed by atoms with Crippen molar-refractivity contribution in [2.75, 3.05) is 10.5 Å². The quantitative estimate of drug-likeness (QED) is 0.817. The Morgan fingerprint density at radius 2 is 1.86 bits per heavy atom. The van der Waals surface area contributed by atoms with Crippen molar-refractivity contribution in [2.24, 2.45) is 0 Å². The first-order chi connectivity index (χ1) is 6.57. The van der Waals surface area contributed by atoms with Gasteiger partial charge in [0.25, 0.3) is 0 Å². The molecule has 0 amide bonds. The topological polar surface area (TPSA) is 70.0 Å². The van der Waals surface area contributed by atoms with E-state index in [2.05, 4.69) is 4.72 Å². The molecule has 0 aliphatic heterocycles. The molecule has 0 atom stereocenters. The lowest BCUT2D eigenvalue weighted by Crippen LogP contribution is -2.14. The number of hydrogen-bond acceptors (Lipinski definition) is 2. The molecule has 0 fully saturated rings. The van der Waals surface area contributed by atoms with E-state index in [4.69, 9.17) is 5.73 Å². The maximum absolute atomic E-state index is 11.2. The van der Waals surface area contributed by atoms with Crippen molar-refractivity contribution in [1.29, 1.82) is 0 Å². The fourth-order valence-corrected chi connectivity index (χ4v) is 1.58. The summed E-state index contributed by atoms with van der Waals surface area (Å²) in [6.45, 7) is 1.79. The summed E-state index contributed by atoms with van der Waals surface area (Å²) >= 11 is 0. The molecule has 0 aliphatic rings. The van der Waals surface area contributed by atoms with Crippen LogP contribution >= 0.6 is 0 Å². The molecule has 2 N–H and O–H groups in total. The lowest BCUT2D eigenvalue weighted by atomic mass is 10.2. The van der Waals surface area contributed by atoms with Gasteiger partial charge in [0, 0.05) is 12.2 Å². The Labute approximate surface area is 84.2 Å². The predicted octanol–water partition coefficient (Wildman–Crippen LogP) is 1.23. The predicted molar refractivity (Wildman–Crippen MR) is 56.3 cm³/mol. The average molecular weight is 213 g/mol. The molecule has 77 valence electrons. The highest BCUT2D eigenvalue weighted by Crippen LogP contribution is 2.10. The van der Waals surface area contributed by atoms with Gasteiger partial charge in [-0.3, -0.25) is 10.5 Å². The van der Waals surface area contributed by atoms with Crippen LogP contribution in [-0.2, 0) is 16.6 Å². The molecule has 5 heteroatoms. The van der Waals surface area contributed by atoms with Crippen LogP contribution in [0.15, 0.2) is 24.3 Å². The van der Waals surface area contributed by atoms with Crippen molar-refractivity contribution in [3.63, 3.8) is 0 Å². The second-order valence-electron chi connectivity index (χ2n) is 2.88. The normalized spacial score (nSPS) is 11.3. The van der Waals surface area contributed by atoms with Gasteiger partial charge in [-0.05, 0) is 24.6 Å². The molecule has 4 nitrogen and oxygen atoms in total. The number of nitrogens with one attached hydrogen (secondary N) is 2. The van der Waals surface area contributed by atoms with Crippen LogP contribution in [0.3, 0.4) is 0 Å². The van der Waals surface area contributed by atoms with Crippen molar-refractivity contribution < 1.29 is 8.42 Å². The summed E-state index contributed by atoms with van der Waals surface area (Å²) in [7, 11) is -3.19. The Morgan fingerprint density at radius 1 is 1.29 bits per heavy atom. The Balaban J connectivity index is 2.79. The van der Waals surface area contributed by atoms with E-state index in [0.29, 0.717) is 5.69 Å². The SMILES string of the molecule is CCS(=O)(=O)Nc1ccc(C[NH])cc1. The molecule has 0 aromatic heterocycles. The maximum Gasteiger partial charge on any atom is 0.232 e. The van der Waals surface area contributed by atoms with Gasteiger partial charge in [0.15, 0.2) is 0 Å². The largest absolute Gasteiger partial charge is 0.284 e. The molecule has 0 heterocycles. The highest BCUT2D eigenvalue weighted by atomic mass is 32.2. The van der Waals surface area contributed by atoms with Gasteiger partial charge in [-0.2, -0.15) is 0 Å². The summed E-state index contributed by atoms with van der Waals surface area (Å²) in [5.41, 5.74) is 8.50. The van der Waals surface area contributed by atoms with E-state index >= 15 is 0 Å². The lowest BCUT2D eigenvalue weighted by Gasteiger charge is -2.05. The molecule has 1 radical (unpaired) electrons. The van der Waals surface area contributed by atoms with Crippen LogP contribution in [-0.4, -0.2) is 14.2 Å². The molecule has 1 aromatic rings. The summed E-state index contributed by atoms with van der Waals surface area (Å²) in [6.07, 6.45) is 0. The highest BCUT2D eigenvalue weighted by molar-refractivity contribution is 7.92. The third-order valence-electron chi connectivity index (χ3n) is 1.81. The fourth-order valence-electron chi connectivity index (χ4n) is 0.942. The minimum Gasteiger partial charge on any atom is -0.284 e. The first-order valence-electron chi connectivity index (χ1n) is 4.31. The van der Waals surface area contributed by atoms with Crippen LogP contribution < -0.4 is 10.5 Å². The zero-order valence-electron chi connectivity index (χ0n) is 7.95. The van der Waals surface area contributed by atoms with Crippen molar-refractivity contribution in [3.05, 3.63) is 29.8 Å². The summed E-state index contributed by atoms with van der Waals surface area (Å²) in [5, 5.41) is 0. The molecule has 0 unspecified atom stereocenters. The van der Waals surface area contributed by atoms with E-state index in [9.17, 15) is 8.42 Å². The van der Waals surface area contributed by atoms with Crippen LogP contribution in [0, 0.1) is 0 Å². The monoisotopic (exact) mass is 213 g/mol. The fraction of sp³-hybridized carbons (Fsp3) is 0.333. The van der Waals surface area contributed by atoms with Gasteiger partial charge in [0.2, 0.25) is 10.0 Å². The van der Waals surface area contributed by atoms with Gasteiger partial charge in [-0.1, -0.05) is 12.1 Å². The van der Waals surface area contributed by atoms with Crippen molar-refractivity contribution in [2.45, 2.75) is 13.5 Å². The summed E-state index contributed by atoms with van der Waals surface area (Å²) < 4.78 is 24.8. The molecule has 0 saturated carbocycles. The molecular formula is C9H13N2O2S. The molecular weight excluding hydrogens is 200 g/mol. The standard InChI is InChI=1S/C9H13N2O2S/c1-2-14(12,13)11-9-5-3-8(7-10)4-6-9/h3-6,10-11H,2,7H2,1H3. The molecule has 0 saturated heterocycles. The number of hydrogen-bond donors (Lipinski definition) is 1.